The number of hydrogen-bond acceptors (Lipinski definition) is 5. The number of tetrazole rings is 1. The van der Waals surface area contributed by atoms with Crippen molar-refractivity contribution in [3.63, 3.8) is 0 Å². The van der Waals surface area contributed by atoms with E-state index in [0.29, 0.717) is 23.0 Å². The Morgan fingerprint density at radius 2 is 2.35 bits per heavy atom. The molecule has 0 spiro atoms. The molecule has 0 aliphatic carbocycles. The number of benzene rings is 1. The van der Waals surface area contributed by atoms with Gasteiger partial charge in [-0.25, -0.2) is 9.07 Å². The van der Waals surface area contributed by atoms with Crippen LogP contribution in [0.5, 0.6) is 0 Å². The van der Waals surface area contributed by atoms with Gasteiger partial charge in [0.05, 0.1) is 12.6 Å². The minimum Gasteiger partial charge on any atom is -0.388 e. The first-order valence-corrected chi connectivity index (χ1v) is 7.04. The van der Waals surface area contributed by atoms with Crippen LogP contribution in [-0.2, 0) is 6.54 Å². The van der Waals surface area contributed by atoms with Gasteiger partial charge in [0, 0.05) is 5.75 Å². The number of aromatic nitrogens is 4. The van der Waals surface area contributed by atoms with Gasteiger partial charge in [-0.05, 0) is 40.6 Å². The summed E-state index contributed by atoms with van der Waals surface area (Å²) in [5.74, 6) is 0.0882. The van der Waals surface area contributed by atoms with Crippen LogP contribution in [0.1, 0.15) is 17.2 Å². The molecule has 20 heavy (non-hydrogen) atoms. The van der Waals surface area contributed by atoms with E-state index in [9.17, 15) is 9.50 Å². The zero-order valence-corrected chi connectivity index (χ0v) is 11.8. The Bertz CT molecular complexity index is 602. The number of hydrogen-bond donors (Lipinski definition) is 1. The topological polar surface area (TPSA) is 63.8 Å². The minimum absolute atomic E-state index is 0.305. The van der Waals surface area contributed by atoms with Gasteiger partial charge in [-0.1, -0.05) is 23.9 Å². The van der Waals surface area contributed by atoms with Gasteiger partial charge in [0.25, 0.3) is 0 Å². The average molecular weight is 294 g/mol. The quantitative estimate of drug-likeness (QED) is 0.653. The van der Waals surface area contributed by atoms with E-state index in [-0.39, 0.29) is 5.82 Å². The second-order valence-electron chi connectivity index (χ2n) is 4.26. The van der Waals surface area contributed by atoms with Crippen LogP contribution in [0.15, 0.2) is 36.0 Å². The second kappa shape index (κ2) is 6.62. The lowest BCUT2D eigenvalue weighted by Crippen LogP contribution is -2.05. The van der Waals surface area contributed by atoms with Gasteiger partial charge in [-0.15, -0.1) is 11.7 Å². The third kappa shape index (κ3) is 3.43. The zero-order chi connectivity index (χ0) is 14.5. The van der Waals surface area contributed by atoms with Crippen molar-refractivity contribution in [2.24, 2.45) is 0 Å². The van der Waals surface area contributed by atoms with Crippen molar-refractivity contribution in [3.8, 4) is 0 Å². The molecular weight excluding hydrogens is 279 g/mol. The molecule has 1 atom stereocenters. The molecule has 2 aromatic rings. The molecule has 2 rings (SSSR count). The number of aliphatic hydroxyl groups excluding tert-OH is 1. The van der Waals surface area contributed by atoms with Gasteiger partial charge in [0.15, 0.2) is 0 Å². The maximum atomic E-state index is 13.0. The van der Waals surface area contributed by atoms with Gasteiger partial charge in [-0.3, -0.25) is 0 Å². The molecule has 0 amide bonds. The van der Waals surface area contributed by atoms with Crippen LogP contribution in [0, 0.1) is 12.7 Å². The molecule has 106 valence electrons. The number of allylic oxidation sites excluding steroid dienone is 1. The van der Waals surface area contributed by atoms with Crippen LogP contribution in [0.2, 0.25) is 0 Å². The monoisotopic (exact) mass is 294 g/mol. The fraction of sp³-hybridized carbons (Fsp3) is 0.308. The second-order valence-corrected chi connectivity index (χ2v) is 5.25. The number of aliphatic hydroxyl groups is 1. The predicted octanol–water partition coefficient (Wildman–Crippen LogP) is 2.13. The lowest BCUT2D eigenvalue weighted by atomic mass is 10.0. The van der Waals surface area contributed by atoms with Crippen molar-refractivity contribution in [1.82, 2.24) is 20.2 Å². The molecule has 0 fully saturated rings. The summed E-state index contributed by atoms with van der Waals surface area (Å²) in [5, 5.41) is 22.1. The highest BCUT2D eigenvalue weighted by atomic mass is 32.2. The summed E-state index contributed by atoms with van der Waals surface area (Å²) < 4.78 is 14.6. The van der Waals surface area contributed by atoms with E-state index in [4.69, 9.17) is 0 Å². The summed E-state index contributed by atoms with van der Waals surface area (Å²) >= 11 is 1.34. The van der Waals surface area contributed by atoms with Gasteiger partial charge in [-0.2, -0.15) is 0 Å². The highest BCUT2D eigenvalue weighted by Crippen LogP contribution is 2.25. The molecule has 0 aliphatic heterocycles. The molecule has 0 saturated carbocycles. The van der Waals surface area contributed by atoms with E-state index in [1.54, 1.807) is 23.7 Å². The molecule has 1 aromatic heterocycles. The maximum absolute atomic E-state index is 13.0. The van der Waals surface area contributed by atoms with Crippen LogP contribution in [-0.4, -0.2) is 31.1 Å². The number of aryl methyl sites for hydroxylation is 1. The summed E-state index contributed by atoms with van der Waals surface area (Å²) in [5.41, 5.74) is 1.44. The molecule has 7 heteroatoms. The van der Waals surface area contributed by atoms with E-state index in [0.717, 1.165) is 5.56 Å². The third-order valence-corrected chi connectivity index (χ3v) is 3.80. The van der Waals surface area contributed by atoms with Gasteiger partial charge >= 0.3 is 0 Å². The smallest absolute Gasteiger partial charge is 0.209 e. The number of halogens is 1. The first-order chi connectivity index (χ1) is 9.61. The Morgan fingerprint density at radius 1 is 1.55 bits per heavy atom. The van der Waals surface area contributed by atoms with Crippen molar-refractivity contribution >= 4 is 11.8 Å². The number of thioether (sulfide) groups is 1. The van der Waals surface area contributed by atoms with Crippen molar-refractivity contribution in [3.05, 3.63) is 47.8 Å². The van der Waals surface area contributed by atoms with Crippen molar-refractivity contribution in [2.45, 2.75) is 24.7 Å². The highest BCUT2D eigenvalue weighted by Gasteiger charge is 2.14. The summed E-state index contributed by atoms with van der Waals surface area (Å²) in [6.07, 6.45) is 0.996. The molecule has 0 saturated heterocycles. The predicted molar refractivity (Wildman–Crippen MR) is 74.8 cm³/mol. The Morgan fingerprint density at radius 3 is 3.05 bits per heavy atom. The SMILES string of the molecule is C=CCn1nnnc1SCC(O)c1ccc(F)cc1C. The molecule has 1 aromatic carbocycles. The first kappa shape index (κ1) is 14.7. The summed E-state index contributed by atoms with van der Waals surface area (Å²) in [4.78, 5) is 0. The Hall–Kier alpha value is -1.73. The Labute approximate surface area is 120 Å². The van der Waals surface area contributed by atoms with E-state index in [1.807, 2.05) is 0 Å². The molecule has 1 N–H and O–H groups in total. The fourth-order valence-electron chi connectivity index (χ4n) is 1.79. The maximum Gasteiger partial charge on any atom is 0.209 e. The summed E-state index contributed by atoms with van der Waals surface area (Å²) in [6.45, 7) is 5.92. The standard InChI is InChI=1S/C13H15FN4OS/c1-3-6-18-13(15-16-17-18)20-8-12(19)11-5-4-10(14)7-9(11)2/h3-5,7,12,19H,1,6,8H2,2H3. The van der Waals surface area contributed by atoms with Gasteiger partial charge in [0.1, 0.15) is 5.82 Å². The third-order valence-electron chi connectivity index (χ3n) is 2.76. The highest BCUT2D eigenvalue weighted by molar-refractivity contribution is 7.99. The first-order valence-electron chi connectivity index (χ1n) is 6.05. The number of rotatable bonds is 6. The molecule has 5 nitrogen and oxygen atoms in total. The van der Waals surface area contributed by atoms with Crippen molar-refractivity contribution < 1.29 is 9.50 Å². The summed E-state index contributed by atoms with van der Waals surface area (Å²) in [7, 11) is 0. The van der Waals surface area contributed by atoms with Crippen LogP contribution in [0.25, 0.3) is 0 Å². The number of nitrogens with zero attached hydrogens (tertiary/aromatic N) is 4. The van der Waals surface area contributed by atoms with Crippen LogP contribution < -0.4 is 0 Å². The minimum atomic E-state index is -0.700. The molecule has 0 aliphatic rings. The fourth-order valence-corrected chi connectivity index (χ4v) is 2.63. The normalized spacial score (nSPS) is 12.3. The van der Waals surface area contributed by atoms with Crippen LogP contribution in [0.4, 0.5) is 4.39 Å². The van der Waals surface area contributed by atoms with Crippen molar-refractivity contribution in [1.29, 1.82) is 0 Å². The van der Waals surface area contributed by atoms with Crippen LogP contribution >= 0.6 is 11.8 Å². The lowest BCUT2D eigenvalue weighted by molar-refractivity contribution is 0.203. The van der Waals surface area contributed by atoms with Gasteiger partial charge in [0.2, 0.25) is 5.16 Å². The molecule has 1 heterocycles. The van der Waals surface area contributed by atoms with Crippen molar-refractivity contribution in [2.75, 3.05) is 5.75 Å². The lowest BCUT2D eigenvalue weighted by Gasteiger charge is -2.13. The van der Waals surface area contributed by atoms with E-state index >= 15 is 0 Å². The van der Waals surface area contributed by atoms with E-state index < -0.39 is 6.10 Å². The zero-order valence-electron chi connectivity index (χ0n) is 11.0. The largest absolute Gasteiger partial charge is 0.388 e. The Balaban J connectivity index is 2.02. The molecule has 1 unspecified atom stereocenters. The Kier molecular flexibility index (Phi) is 4.86. The average Bonchev–Trinajstić information content (AvgIpc) is 2.84. The van der Waals surface area contributed by atoms with Crippen LogP contribution in [0.3, 0.4) is 0 Å². The molecule has 0 bridgehead atoms. The van der Waals surface area contributed by atoms with E-state index in [1.165, 1.54) is 23.9 Å². The summed E-state index contributed by atoms with van der Waals surface area (Å²) in [6, 6.07) is 4.35. The molecular formula is C13H15FN4OS. The van der Waals surface area contributed by atoms with Gasteiger partial charge < -0.3 is 5.11 Å². The van der Waals surface area contributed by atoms with E-state index in [2.05, 4.69) is 22.1 Å². The molecule has 0 radical (unpaired) electrons.